The molecule has 2 heteroatoms. The van der Waals surface area contributed by atoms with E-state index < -0.39 is 5.41 Å². The van der Waals surface area contributed by atoms with E-state index in [2.05, 4.69) is 277 Å². The predicted octanol–water partition coefficient (Wildman–Crippen LogP) is 17.6. The molecular formula is C65H44N2. The van der Waals surface area contributed by atoms with Crippen molar-refractivity contribution in [2.24, 2.45) is 0 Å². The quantitative estimate of drug-likeness (QED) is 0.141. The average Bonchev–Trinajstić information content (AvgIpc) is 3.70. The highest BCUT2D eigenvalue weighted by Crippen LogP contribution is 2.58. The Kier molecular flexibility index (Phi) is 9.11. The van der Waals surface area contributed by atoms with Gasteiger partial charge in [-0.3, -0.25) is 0 Å². The van der Waals surface area contributed by atoms with Crippen LogP contribution in [0.4, 0.5) is 34.1 Å². The summed E-state index contributed by atoms with van der Waals surface area (Å²) in [6.07, 6.45) is 0. The Morgan fingerprint density at radius 1 is 0.239 bits per heavy atom. The Bertz CT molecular complexity index is 3700. The summed E-state index contributed by atoms with van der Waals surface area (Å²) in [5.41, 5.74) is 13.7. The molecule has 0 saturated carbocycles. The Morgan fingerprint density at radius 3 is 1.34 bits per heavy atom. The second-order valence-corrected chi connectivity index (χ2v) is 17.7. The molecule has 0 fully saturated rings. The van der Waals surface area contributed by atoms with Gasteiger partial charge in [0.15, 0.2) is 0 Å². The summed E-state index contributed by atoms with van der Waals surface area (Å²) in [5, 5.41) is 9.74. The fourth-order valence-electron chi connectivity index (χ4n) is 11.0. The standard InChI is InChI=1S/C65H44N2/c1-4-23-52(24-5-1)66(55-36-38-59-60(43-55)57-29-15-14-22-49(57)42-64(59)67(53-25-6-2-7-26-53)54-27-8-3-9-28-54)56-37-39-63-61(44-56)58-30-16-17-31-62(58)65(63,50-34-32-45-18-10-12-20-47(45)40-50)51-35-33-46-19-11-13-21-48(46)41-51/h1-44H. The zero-order valence-corrected chi connectivity index (χ0v) is 36.8. The lowest BCUT2D eigenvalue weighted by atomic mass is 9.67. The van der Waals surface area contributed by atoms with Gasteiger partial charge in [0, 0.05) is 33.8 Å². The van der Waals surface area contributed by atoms with Crippen LogP contribution < -0.4 is 9.80 Å². The minimum Gasteiger partial charge on any atom is -0.310 e. The van der Waals surface area contributed by atoms with Crippen LogP contribution in [-0.4, -0.2) is 0 Å². The Balaban J connectivity index is 1.04. The molecule has 314 valence electrons. The van der Waals surface area contributed by atoms with Crippen molar-refractivity contribution in [1.82, 2.24) is 0 Å². The molecule has 0 bridgehead atoms. The number of anilines is 6. The highest BCUT2D eigenvalue weighted by atomic mass is 15.2. The zero-order valence-electron chi connectivity index (χ0n) is 36.8. The first-order valence-electron chi connectivity index (χ1n) is 23.2. The second-order valence-electron chi connectivity index (χ2n) is 17.7. The number of para-hydroxylation sites is 3. The van der Waals surface area contributed by atoms with E-state index in [9.17, 15) is 0 Å². The van der Waals surface area contributed by atoms with Crippen molar-refractivity contribution in [2.75, 3.05) is 9.80 Å². The van der Waals surface area contributed by atoms with Crippen molar-refractivity contribution in [2.45, 2.75) is 5.41 Å². The van der Waals surface area contributed by atoms with Crippen LogP contribution >= 0.6 is 0 Å². The first kappa shape index (κ1) is 38.7. The molecule has 67 heavy (non-hydrogen) atoms. The largest absolute Gasteiger partial charge is 0.310 e. The van der Waals surface area contributed by atoms with Crippen LogP contribution in [-0.2, 0) is 5.41 Å². The topological polar surface area (TPSA) is 6.48 Å². The molecule has 13 rings (SSSR count). The molecule has 0 spiro atoms. The third-order valence-electron chi connectivity index (χ3n) is 14.0. The summed E-state index contributed by atoms with van der Waals surface area (Å²) >= 11 is 0. The SMILES string of the molecule is c1ccc(N(c2ccc3c(c2)-c2ccccc2C3(c2ccc3ccccc3c2)c2ccc3ccccc3c2)c2ccc3c(N(c4ccccc4)c4ccccc4)cc4ccccc4c3c2)cc1. The van der Waals surface area contributed by atoms with Crippen LogP contribution in [0.3, 0.4) is 0 Å². The summed E-state index contributed by atoms with van der Waals surface area (Å²) < 4.78 is 0. The fraction of sp³-hybridized carbons (Fsp3) is 0.0154. The van der Waals surface area contributed by atoms with Crippen molar-refractivity contribution < 1.29 is 0 Å². The van der Waals surface area contributed by atoms with E-state index in [-0.39, 0.29) is 0 Å². The molecule has 12 aromatic rings. The zero-order chi connectivity index (χ0) is 44.3. The minimum absolute atomic E-state index is 0.558. The van der Waals surface area contributed by atoms with E-state index in [1.165, 1.54) is 76.5 Å². The van der Waals surface area contributed by atoms with Crippen molar-refractivity contribution in [1.29, 1.82) is 0 Å². The first-order chi connectivity index (χ1) is 33.2. The molecule has 12 aromatic carbocycles. The van der Waals surface area contributed by atoms with Gasteiger partial charge in [-0.1, -0.05) is 188 Å². The van der Waals surface area contributed by atoms with Crippen molar-refractivity contribution >= 4 is 77.2 Å². The molecule has 0 atom stereocenters. The normalized spacial score (nSPS) is 12.6. The third kappa shape index (κ3) is 6.26. The van der Waals surface area contributed by atoms with E-state index in [1.54, 1.807) is 0 Å². The van der Waals surface area contributed by atoms with Gasteiger partial charge < -0.3 is 9.80 Å². The molecular weight excluding hydrogens is 809 g/mol. The fourth-order valence-corrected chi connectivity index (χ4v) is 11.0. The lowest BCUT2D eigenvalue weighted by molar-refractivity contribution is 0.771. The number of hydrogen-bond acceptors (Lipinski definition) is 2. The lowest BCUT2D eigenvalue weighted by Gasteiger charge is -2.34. The van der Waals surface area contributed by atoms with Crippen molar-refractivity contribution in [3.05, 3.63) is 289 Å². The van der Waals surface area contributed by atoms with Gasteiger partial charge in [0.1, 0.15) is 0 Å². The third-order valence-corrected chi connectivity index (χ3v) is 14.0. The lowest BCUT2D eigenvalue weighted by Crippen LogP contribution is -2.28. The van der Waals surface area contributed by atoms with Crippen molar-refractivity contribution in [3.63, 3.8) is 0 Å². The van der Waals surface area contributed by atoms with Crippen LogP contribution in [0.5, 0.6) is 0 Å². The van der Waals surface area contributed by atoms with E-state index in [1.807, 2.05) is 0 Å². The van der Waals surface area contributed by atoms with Gasteiger partial charge in [-0.05, 0) is 150 Å². The van der Waals surface area contributed by atoms with Gasteiger partial charge in [0.25, 0.3) is 0 Å². The van der Waals surface area contributed by atoms with Crippen LogP contribution in [0.15, 0.2) is 267 Å². The van der Waals surface area contributed by atoms with Gasteiger partial charge in [-0.15, -0.1) is 0 Å². The predicted molar refractivity (Wildman–Crippen MR) is 283 cm³/mol. The number of benzene rings is 12. The maximum atomic E-state index is 2.44. The molecule has 0 heterocycles. The molecule has 0 aromatic heterocycles. The monoisotopic (exact) mass is 852 g/mol. The Labute approximate surface area is 390 Å². The number of fused-ring (bicyclic) bond motifs is 8. The summed E-state index contributed by atoms with van der Waals surface area (Å²) in [5.74, 6) is 0. The van der Waals surface area contributed by atoms with Crippen LogP contribution in [0.1, 0.15) is 22.3 Å². The maximum absolute atomic E-state index is 2.44. The van der Waals surface area contributed by atoms with Crippen molar-refractivity contribution in [3.8, 4) is 11.1 Å². The number of rotatable bonds is 8. The summed E-state index contributed by atoms with van der Waals surface area (Å²) in [6.45, 7) is 0. The van der Waals surface area contributed by atoms with E-state index >= 15 is 0 Å². The van der Waals surface area contributed by atoms with Gasteiger partial charge in [0.05, 0.1) is 11.1 Å². The molecule has 2 nitrogen and oxygen atoms in total. The van der Waals surface area contributed by atoms with E-state index in [4.69, 9.17) is 0 Å². The molecule has 0 amide bonds. The van der Waals surface area contributed by atoms with E-state index in [0.717, 1.165) is 34.1 Å². The van der Waals surface area contributed by atoms with Crippen LogP contribution in [0.2, 0.25) is 0 Å². The highest BCUT2D eigenvalue weighted by Gasteiger charge is 2.46. The number of nitrogens with zero attached hydrogens (tertiary/aromatic N) is 2. The molecule has 0 N–H and O–H groups in total. The minimum atomic E-state index is -0.558. The van der Waals surface area contributed by atoms with Gasteiger partial charge in [-0.2, -0.15) is 0 Å². The molecule has 1 aliphatic rings. The smallest absolute Gasteiger partial charge is 0.0714 e. The van der Waals surface area contributed by atoms with Gasteiger partial charge in [0.2, 0.25) is 0 Å². The molecule has 0 aliphatic heterocycles. The van der Waals surface area contributed by atoms with Gasteiger partial charge in [-0.25, -0.2) is 0 Å². The second kappa shape index (κ2) is 15.8. The Morgan fingerprint density at radius 2 is 0.716 bits per heavy atom. The van der Waals surface area contributed by atoms with Crippen LogP contribution in [0.25, 0.3) is 54.2 Å². The molecule has 0 saturated heterocycles. The molecule has 1 aliphatic carbocycles. The average molecular weight is 853 g/mol. The summed E-state index contributed by atoms with van der Waals surface area (Å²) in [6, 6.07) is 98.3. The van der Waals surface area contributed by atoms with Crippen LogP contribution in [0, 0.1) is 0 Å². The summed E-state index contributed by atoms with van der Waals surface area (Å²) in [7, 11) is 0. The Hall–Kier alpha value is -8.72. The highest BCUT2D eigenvalue weighted by molar-refractivity contribution is 6.16. The molecule has 0 unspecified atom stereocenters. The van der Waals surface area contributed by atoms with E-state index in [0.29, 0.717) is 0 Å². The molecule has 0 radical (unpaired) electrons. The maximum Gasteiger partial charge on any atom is 0.0714 e. The van der Waals surface area contributed by atoms with Gasteiger partial charge >= 0.3 is 0 Å². The first-order valence-corrected chi connectivity index (χ1v) is 23.2. The number of hydrogen-bond donors (Lipinski definition) is 0. The summed E-state index contributed by atoms with van der Waals surface area (Å²) in [4.78, 5) is 4.82.